The number of fused-ring (bicyclic) bond motifs is 2. The monoisotopic (exact) mass is 444 g/mol. The second-order valence-corrected chi connectivity index (χ2v) is 8.22. The minimum atomic E-state index is -0.283. The molecule has 0 radical (unpaired) electrons. The van der Waals surface area contributed by atoms with E-state index >= 15 is 0 Å². The molecule has 0 saturated carbocycles. The Hall–Kier alpha value is -3.91. The van der Waals surface area contributed by atoms with Crippen LogP contribution in [-0.4, -0.2) is 30.5 Å². The van der Waals surface area contributed by atoms with Crippen molar-refractivity contribution in [2.45, 2.75) is 6.42 Å². The summed E-state index contributed by atoms with van der Waals surface area (Å²) in [7, 11) is 1.55. The molecule has 1 aliphatic rings. The van der Waals surface area contributed by atoms with Gasteiger partial charge in [0.2, 0.25) is 0 Å². The lowest BCUT2D eigenvalue weighted by Crippen LogP contribution is -2.19. The molecule has 3 N–H and O–H groups in total. The topological polar surface area (TPSA) is 92.3 Å². The van der Waals surface area contributed by atoms with Crippen molar-refractivity contribution >= 4 is 50.4 Å². The Morgan fingerprint density at radius 2 is 1.94 bits per heavy atom. The SMILES string of the molecule is CNC(=O)c1cnc(Nc2cccc3c2CCO3)c(NC(=O)c2csc3ccccc23)c1. The van der Waals surface area contributed by atoms with E-state index in [1.807, 2.05) is 47.8 Å². The highest BCUT2D eigenvalue weighted by Crippen LogP contribution is 2.35. The van der Waals surface area contributed by atoms with Gasteiger partial charge < -0.3 is 20.7 Å². The van der Waals surface area contributed by atoms with E-state index in [-0.39, 0.29) is 11.8 Å². The number of anilines is 3. The normalized spacial score (nSPS) is 12.2. The van der Waals surface area contributed by atoms with Crippen molar-refractivity contribution in [3.63, 3.8) is 0 Å². The first-order valence-corrected chi connectivity index (χ1v) is 11.0. The number of carbonyl (C=O) groups excluding carboxylic acids is 2. The summed E-state index contributed by atoms with van der Waals surface area (Å²) in [6.45, 7) is 0.631. The van der Waals surface area contributed by atoms with Gasteiger partial charge in [0.25, 0.3) is 11.8 Å². The molecule has 160 valence electrons. The molecule has 2 aromatic carbocycles. The summed E-state index contributed by atoms with van der Waals surface area (Å²) >= 11 is 1.51. The maximum absolute atomic E-state index is 13.2. The van der Waals surface area contributed by atoms with Gasteiger partial charge in [-0.1, -0.05) is 24.3 Å². The molecule has 0 unspecified atom stereocenters. The second-order valence-electron chi connectivity index (χ2n) is 7.30. The standard InChI is InChI=1S/C24H20N4O3S/c1-25-23(29)14-11-19(28-24(30)17-13-32-21-8-3-2-5-15(17)21)22(26-12-14)27-18-6-4-7-20-16(18)9-10-31-20/h2-8,11-13H,9-10H2,1H3,(H,25,29)(H,26,27)(H,28,30). The van der Waals surface area contributed by atoms with Gasteiger partial charge >= 0.3 is 0 Å². The van der Waals surface area contributed by atoms with Gasteiger partial charge in [-0.05, 0) is 24.3 Å². The first-order valence-electron chi connectivity index (χ1n) is 10.2. The Morgan fingerprint density at radius 3 is 2.81 bits per heavy atom. The number of nitrogens with one attached hydrogen (secondary N) is 3. The first kappa shape index (κ1) is 20.0. The van der Waals surface area contributed by atoms with Crippen molar-refractivity contribution in [1.29, 1.82) is 0 Å². The van der Waals surface area contributed by atoms with Crippen LogP contribution in [0.1, 0.15) is 26.3 Å². The number of aromatic nitrogens is 1. The van der Waals surface area contributed by atoms with E-state index in [0.717, 1.165) is 33.5 Å². The highest BCUT2D eigenvalue weighted by atomic mass is 32.1. The average Bonchev–Trinajstić information content (AvgIpc) is 3.47. The summed E-state index contributed by atoms with van der Waals surface area (Å²) in [5.41, 5.74) is 3.27. The van der Waals surface area contributed by atoms with Crippen LogP contribution in [0.5, 0.6) is 5.75 Å². The van der Waals surface area contributed by atoms with Gasteiger partial charge in [-0.3, -0.25) is 9.59 Å². The fourth-order valence-corrected chi connectivity index (χ4v) is 4.68. The van der Waals surface area contributed by atoms with Crippen LogP contribution in [0.15, 0.2) is 60.1 Å². The molecule has 7 nitrogen and oxygen atoms in total. The van der Waals surface area contributed by atoms with Crippen molar-refractivity contribution in [2.24, 2.45) is 0 Å². The lowest BCUT2D eigenvalue weighted by atomic mass is 10.1. The Kier molecular flexibility index (Phi) is 5.20. The lowest BCUT2D eigenvalue weighted by molar-refractivity contribution is 0.0961. The van der Waals surface area contributed by atoms with Crippen LogP contribution in [-0.2, 0) is 6.42 Å². The zero-order chi connectivity index (χ0) is 22.1. The minimum Gasteiger partial charge on any atom is -0.493 e. The van der Waals surface area contributed by atoms with Crippen LogP contribution >= 0.6 is 11.3 Å². The van der Waals surface area contributed by atoms with Gasteiger partial charge in [-0.25, -0.2) is 4.98 Å². The fraction of sp³-hybridized carbons (Fsp3) is 0.125. The Labute approximate surface area is 188 Å². The van der Waals surface area contributed by atoms with E-state index in [1.54, 1.807) is 13.1 Å². The summed E-state index contributed by atoms with van der Waals surface area (Å²) in [5.74, 6) is 0.746. The highest BCUT2D eigenvalue weighted by Gasteiger charge is 2.20. The predicted octanol–water partition coefficient (Wildman–Crippen LogP) is 4.59. The van der Waals surface area contributed by atoms with E-state index in [1.165, 1.54) is 17.5 Å². The number of nitrogens with zero attached hydrogens (tertiary/aromatic N) is 1. The smallest absolute Gasteiger partial charge is 0.257 e. The molecular weight excluding hydrogens is 424 g/mol. The lowest BCUT2D eigenvalue weighted by Gasteiger charge is -2.15. The Balaban J connectivity index is 1.51. The molecule has 8 heteroatoms. The number of benzene rings is 2. The molecule has 0 atom stereocenters. The molecule has 3 heterocycles. The van der Waals surface area contributed by atoms with Crippen molar-refractivity contribution in [3.8, 4) is 5.75 Å². The van der Waals surface area contributed by atoms with Crippen LogP contribution < -0.4 is 20.7 Å². The minimum absolute atomic E-state index is 0.261. The van der Waals surface area contributed by atoms with Gasteiger partial charge in [0.05, 0.1) is 23.4 Å². The summed E-state index contributed by atoms with van der Waals surface area (Å²) in [4.78, 5) is 29.8. The summed E-state index contributed by atoms with van der Waals surface area (Å²) in [6.07, 6.45) is 2.27. The number of thiophene rings is 1. The van der Waals surface area contributed by atoms with Crippen molar-refractivity contribution in [2.75, 3.05) is 24.3 Å². The average molecular weight is 445 g/mol. The van der Waals surface area contributed by atoms with E-state index in [2.05, 4.69) is 20.9 Å². The van der Waals surface area contributed by atoms with Crippen LogP contribution in [0.25, 0.3) is 10.1 Å². The van der Waals surface area contributed by atoms with Crippen LogP contribution in [0.3, 0.4) is 0 Å². The molecular formula is C24H20N4O3S. The number of hydrogen-bond donors (Lipinski definition) is 3. The summed E-state index contributed by atoms with van der Waals surface area (Å²) in [6, 6.07) is 15.2. The zero-order valence-electron chi connectivity index (χ0n) is 17.3. The van der Waals surface area contributed by atoms with Crippen LogP contribution in [0.2, 0.25) is 0 Å². The third kappa shape index (κ3) is 3.65. The van der Waals surface area contributed by atoms with E-state index in [0.29, 0.717) is 29.2 Å². The maximum Gasteiger partial charge on any atom is 0.257 e. The highest BCUT2D eigenvalue weighted by molar-refractivity contribution is 7.17. The number of rotatable bonds is 5. The quantitative estimate of drug-likeness (QED) is 0.419. The van der Waals surface area contributed by atoms with Crippen molar-refractivity contribution in [1.82, 2.24) is 10.3 Å². The van der Waals surface area contributed by atoms with E-state index < -0.39 is 0 Å². The van der Waals surface area contributed by atoms with Gasteiger partial charge in [-0.2, -0.15) is 0 Å². The first-order chi connectivity index (χ1) is 15.6. The van der Waals surface area contributed by atoms with Crippen LogP contribution in [0.4, 0.5) is 17.2 Å². The molecule has 0 bridgehead atoms. The third-order valence-electron chi connectivity index (χ3n) is 5.35. The predicted molar refractivity (Wildman–Crippen MR) is 126 cm³/mol. The number of amides is 2. The molecule has 0 fully saturated rings. The number of hydrogen-bond acceptors (Lipinski definition) is 6. The molecule has 4 aromatic rings. The molecule has 32 heavy (non-hydrogen) atoms. The zero-order valence-corrected chi connectivity index (χ0v) is 18.1. The second kappa shape index (κ2) is 8.32. The molecule has 5 rings (SSSR count). The van der Waals surface area contributed by atoms with Crippen molar-refractivity contribution < 1.29 is 14.3 Å². The molecule has 1 aliphatic heterocycles. The van der Waals surface area contributed by atoms with Crippen molar-refractivity contribution in [3.05, 3.63) is 76.8 Å². The summed E-state index contributed by atoms with van der Waals surface area (Å²) < 4.78 is 6.68. The van der Waals surface area contributed by atoms with Gasteiger partial charge in [0.1, 0.15) is 5.75 Å². The Morgan fingerprint density at radius 1 is 1.06 bits per heavy atom. The fourth-order valence-electron chi connectivity index (χ4n) is 3.74. The van der Waals surface area contributed by atoms with Gasteiger partial charge in [-0.15, -0.1) is 11.3 Å². The maximum atomic E-state index is 13.2. The van der Waals surface area contributed by atoms with E-state index in [4.69, 9.17) is 4.74 Å². The molecule has 0 spiro atoms. The molecule has 2 amide bonds. The Bertz CT molecular complexity index is 1350. The van der Waals surface area contributed by atoms with Gasteiger partial charge in [0, 0.05) is 46.4 Å². The third-order valence-corrected chi connectivity index (χ3v) is 6.31. The number of carbonyl (C=O) groups is 2. The largest absolute Gasteiger partial charge is 0.493 e. The van der Waals surface area contributed by atoms with Gasteiger partial charge in [0.15, 0.2) is 5.82 Å². The van der Waals surface area contributed by atoms with Crippen LogP contribution in [0, 0.1) is 0 Å². The number of pyridine rings is 1. The number of ether oxygens (including phenoxy) is 1. The molecule has 0 aliphatic carbocycles. The summed E-state index contributed by atoms with van der Waals surface area (Å²) in [5, 5.41) is 11.6. The molecule has 2 aromatic heterocycles. The van der Waals surface area contributed by atoms with E-state index in [9.17, 15) is 9.59 Å². The molecule has 0 saturated heterocycles.